The zero-order chi connectivity index (χ0) is 26.6. The number of aliphatic hydroxyl groups excluding tert-OH is 1. The maximum Gasteiger partial charge on any atom is 0.231 e. The number of methoxy groups -OCH3 is 3. The third-order valence-electron chi connectivity index (χ3n) is 5.65. The summed E-state index contributed by atoms with van der Waals surface area (Å²) in [5.74, 6) is 0.748. The molecule has 0 radical (unpaired) electrons. The first-order valence-electron chi connectivity index (χ1n) is 11.0. The number of rotatable bonds is 10. The van der Waals surface area contributed by atoms with Gasteiger partial charge in [-0.1, -0.05) is 6.07 Å². The van der Waals surface area contributed by atoms with Crippen LogP contribution in [0.25, 0.3) is 17.2 Å². The van der Waals surface area contributed by atoms with Crippen LogP contribution in [-0.4, -0.2) is 74.8 Å². The van der Waals surface area contributed by atoms with E-state index in [9.17, 15) is 13.5 Å². The second-order valence-electron chi connectivity index (χ2n) is 7.82. The lowest BCUT2D eigenvalue weighted by Crippen LogP contribution is -2.28. The van der Waals surface area contributed by atoms with Gasteiger partial charge in [0.2, 0.25) is 5.88 Å². The lowest BCUT2D eigenvalue weighted by atomic mass is 10.2. The molecule has 0 aliphatic heterocycles. The van der Waals surface area contributed by atoms with Crippen LogP contribution in [0.3, 0.4) is 0 Å². The van der Waals surface area contributed by atoms with Gasteiger partial charge in [0, 0.05) is 12.4 Å². The number of aliphatic hydroxyl groups is 1. The summed E-state index contributed by atoms with van der Waals surface area (Å²) in [5.41, 5.74) is 0.829. The molecule has 0 bridgehead atoms. The number of nitrogens with zero attached hydrogens (tertiary/aromatic N) is 7. The topological polar surface area (TPSA) is 164 Å². The van der Waals surface area contributed by atoms with Crippen LogP contribution in [0.4, 0.5) is 0 Å². The molecule has 0 amide bonds. The van der Waals surface area contributed by atoms with Crippen LogP contribution in [0.15, 0.2) is 49.2 Å². The molecule has 0 fully saturated rings. The molecule has 0 unspecified atom stereocenters. The quantitative estimate of drug-likeness (QED) is 0.317. The Morgan fingerprint density at radius 2 is 1.68 bits per heavy atom. The predicted octanol–water partition coefficient (Wildman–Crippen LogP) is 1.58. The normalized spacial score (nSPS) is 13.1. The summed E-state index contributed by atoms with van der Waals surface area (Å²) < 4.78 is 44.5. The summed E-state index contributed by atoms with van der Waals surface area (Å²) in [4.78, 5) is 16.4. The molecule has 3 heterocycles. The van der Waals surface area contributed by atoms with E-state index in [0.29, 0.717) is 22.9 Å². The Bertz CT molecular complexity index is 1440. The van der Waals surface area contributed by atoms with Crippen molar-refractivity contribution in [2.75, 3.05) is 21.3 Å². The van der Waals surface area contributed by atoms with E-state index in [1.54, 1.807) is 18.2 Å². The maximum absolute atomic E-state index is 13.5. The Hall–Kier alpha value is -4.17. The molecule has 14 heteroatoms. The van der Waals surface area contributed by atoms with Gasteiger partial charge in [0.05, 0.1) is 50.9 Å². The van der Waals surface area contributed by atoms with Crippen LogP contribution in [0, 0.1) is 0 Å². The van der Waals surface area contributed by atoms with Gasteiger partial charge >= 0.3 is 0 Å². The fourth-order valence-electron chi connectivity index (χ4n) is 3.61. The average Bonchev–Trinajstić information content (AvgIpc) is 3.34. The van der Waals surface area contributed by atoms with E-state index in [1.165, 1.54) is 63.8 Å². The standard InChI is InChI=1S/C23H25N7O6S/c1-14(22(31)15-11-27-20(36-4)12-26-15)37(32,33)13-19-28-29-23(16-10-24-8-9-25-16)30(19)21-17(34-2)6-5-7-18(21)35-3/h5-12,14,22,31H,13H2,1-4H3/t14-,22-/m0/s1. The van der Waals surface area contributed by atoms with Gasteiger partial charge in [0.25, 0.3) is 0 Å². The molecule has 4 rings (SSSR count). The molecule has 0 saturated carbocycles. The minimum atomic E-state index is -4.00. The fraction of sp³-hybridized carbons (Fsp3) is 0.304. The van der Waals surface area contributed by atoms with Crippen molar-refractivity contribution in [2.45, 2.75) is 24.0 Å². The summed E-state index contributed by atoms with van der Waals surface area (Å²) in [6.07, 6.45) is 5.60. The Morgan fingerprint density at radius 1 is 0.946 bits per heavy atom. The molecular weight excluding hydrogens is 502 g/mol. The third kappa shape index (κ3) is 5.20. The van der Waals surface area contributed by atoms with Crippen LogP contribution in [0.1, 0.15) is 24.5 Å². The van der Waals surface area contributed by atoms with Crippen molar-refractivity contribution in [3.8, 4) is 34.6 Å². The van der Waals surface area contributed by atoms with E-state index in [2.05, 4.69) is 30.1 Å². The van der Waals surface area contributed by atoms with E-state index < -0.39 is 26.9 Å². The molecule has 0 spiro atoms. The van der Waals surface area contributed by atoms with Crippen LogP contribution in [-0.2, 0) is 15.6 Å². The molecule has 2 atom stereocenters. The first-order valence-corrected chi connectivity index (χ1v) is 12.7. The highest BCUT2D eigenvalue weighted by Gasteiger charge is 2.34. The molecule has 0 aliphatic rings. The van der Waals surface area contributed by atoms with Gasteiger partial charge < -0.3 is 19.3 Å². The monoisotopic (exact) mass is 527 g/mol. The first-order chi connectivity index (χ1) is 17.8. The second kappa shape index (κ2) is 10.8. The number of hydrogen-bond acceptors (Lipinski definition) is 12. The largest absolute Gasteiger partial charge is 0.494 e. The summed E-state index contributed by atoms with van der Waals surface area (Å²) >= 11 is 0. The van der Waals surface area contributed by atoms with E-state index in [-0.39, 0.29) is 23.2 Å². The van der Waals surface area contributed by atoms with Gasteiger partial charge in [-0.3, -0.25) is 14.5 Å². The van der Waals surface area contributed by atoms with Crippen molar-refractivity contribution >= 4 is 9.84 Å². The van der Waals surface area contributed by atoms with Crippen LogP contribution >= 0.6 is 0 Å². The molecule has 0 saturated heterocycles. The molecule has 1 aromatic carbocycles. The minimum Gasteiger partial charge on any atom is -0.494 e. The smallest absolute Gasteiger partial charge is 0.231 e. The number of hydrogen-bond donors (Lipinski definition) is 1. The maximum atomic E-state index is 13.5. The lowest BCUT2D eigenvalue weighted by Gasteiger charge is -2.20. The van der Waals surface area contributed by atoms with Gasteiger partial charge in [-0.2, -0.15) is 0 Å². The average molecular weight is 528 g/mol. The number of benzene rings is 1. The Kier molecular flexibility index (Phi) is 7.59. The summed E-state index contributed by atoms with van der Waals surface area (Å²) in [5, 5.41) is 17.9. The highest BCUT2D eigenvalue weighted by molar-refractivity contribution is 7.91. The van der Waals surface area contributed by atoms with Crippen molar-refractivity contribution in [2.24, 2.45) is 0 Å². The van der Waals surface area contributed by atoms with E-state index in [4.69, 9.17) is 14.2 Å². The zero-order valence-corrected chi connectivity index (χ0v) is 21.3. The van der Waals surface area contributed by atoms with Crippen molar-refractivity contribution in [1.82, 2.24) is 34.7 Å². The van der Waals surface area contributed by atoms with E-state index in [0.717, 1.165) is 0 Å². The predicted molar refractivity (Wildman–Crippen MR) is 131 cm³/mol. The van der Waals surface area contributed by atoms with Crippen LogP contribution in [0.2, 0.25) is 0 Å². The van der Waals surface area contributed by atoms with Crippen molar-refractivity contribution in [1.29, 1.82) is 0 Å². The van der Waals surface area contributed by atoms with Gasteiger partial charge in [-0.25, -0.2) is 18.4 Å². The molecule has 3 aromatic heterocycles. The Balaban J connectivity index is 1.79. The molecule has 13 nitrogen and oxygen atoms in total. The third-order valence-corrected chi connectivity index (χ3v) is 7.70. The van der Waals surface area contributed by atoms with Crippen LogP contribution < -0.4 is 14.2 Å². The number of para-hydroxylation sites is 1. The number of ether oxygens (including phenoxy) is 3. The molecule has 0 aliphatic carbocycles. The van der Waals surface area contributed by atoms with Crippen molar-refractivity contribution < 1.29 is 27.7 Å². The van der Waals surface area contributed by atoms with Gasteiger partial charge in [0.1, 0.15) is 34.7 Å². The van der Waals surface area contributed by atoms with Crippen LogP contribution in [0.5, 0.6) is 17.4 Å². The second-order valence-corrected chi connectivity index (χ2v) is 10.2. The highest BCUT2D eigenvalue weighted by atomic mass is 32.2. The summed E-state index contributed by atoms with van der Waals surface area (Å²) in [6.45, 7) is 1.39. The first kappa shape index (κ1) is 25.9. The van der Waals surface area contributed by atoms with E-state index in [1.807, 2.05) is 0 Å². The SMILES string of the molecule is COc1cnc([C@@H](O)[C@H](C)S(=O)(=O)Cc2nnc(-c3cnccn3)n2-c2c(OC)cccc2OC)cn1. The summed E-state index contributed by atoms with van der Waals surface area (Å²) in [6, 6.07) is 5.13. The number of sulfone groups is 1. The number of aromatic nitrogens is 7. The van der Waals surface area contributed by atoms with Gasteiger partial charge in [-0.05, 0) is 19.1 Å². The van der Waals surface area contributed by atoms with Crippen molar-refractivity contribution in [3.05, 3.63) is 60.7 Å². The molecule has 4 aromatic rings. The lowest BCUT2D eigenvalue weighted by molar-refractivity contribution is 0.170. The van der Waals surface area contributed by atoms with Gasteiger partial charge in [0.15, 0.2) is 21.5 Å². The molecular formula is C23H25N7O6S. The van der Waals surface area contributed by atoms with Crippen molar-refractivity contribution in [3.63, 3.8) is 0 Å². The highest BCUT2D eigenvalue weighted by Crippen LogP contribution is 2.36. The minimum absolute atomic E-state index is 0.0586. The Morgan fingerprint density at radius 3 is 2.24 bits per heavy atom. The fourth-order valence-corrected chi connectivity index (χ4v) is 4.95. The summed E-state index contributed by atoms with van der Waals surface area (Å²) in [7, 11) is 0.384. The Labute approximate surface area is 213 Å². The molecule has 194 valence electrons. The van der Waals surface area contributed by atoms with Gasteiger partial charge in [-0.15, -0.1) is 10.2 Å². The zero-order valence-electron chi connectivity index (χ0n) is 20.5. The van der Waals surface area contributed by atoms with E-state index >= 15 is 0 Å². The molecule has 1 N–H and O–H groups in total. The molecule has 37 heavy (non-hydrogen) atoms.